The molecule has 0 aliphatic rings. The second-order valence-electron chi connectivity index (χ2n) is 3.97. The molecule has 0 bridgehead atoms. The van der Waals surface area contributed by atoms with Crippen molar-refractivity contribution in [2.24, 2.45) is 0 Å². The first-order chi connectivity index (χ1) is 8.40. The van der Waals surface area contributed by atoms with Gasteiger partial charge < -0.3 is 0 Å². The van der Waals surface area contributed by atoms with Crippen LogP contribution in [0.4, 0.5) is 5.69 Å². The van der Waals surface area contributed by atoms with E-state index in [4.69, 9.17) is 11.6 Å². The number of pyridine rings is 1. The highest BCUT2D eigenvalue weighted by Gasteiger charge is 2.15. The van der Waals surface area contributed by atoms with Gasteiger partial charge in [0.1, 0.15) is 5.15 Å². The predicted molar refractivity (Wildman–Crippen MR) is 67.2 cm³/mol. The molecule has 2 heterocycles. The van der Waals surface area contributed by atoms with Gasteiger partial charge in [-0.25, -0.2) is 9.67 Å². The molecule has 6 nitrogen and oxygen atoms in total. The minimum atomic E-state index is -0.504. The maximum absolute atomic E-state index is 10.8. The molecule has 0 radical (unpaired) electrons. The fraction of sp³-hybridized carbons (Fsp3) is 0.273. The maximum atomic E-state index is 10.8. The zero-order valence-corrected chi connectivity index (χ0v) is 10.9. The Labute approximate surface area is 108 Å². The monoisotopic (exact) mass is 266 g/mol. The van der Waals surface area contributed by atoms with Crippen molar-refractivity contribution in [3.05, 3.63) is 44.4 Å². The molecule has 18 heavy (non-hydrogen) atoms. The van der Waals surface area contributed by atoms with E-state index in [1.54, 1.807) is 4.68 Å². The molecule has 0 fully saturated rings. The van der Waals surface area contributed by atoms with Crippen LogP contribution in [0.1, 0.15) is 17.0 Å². The smallest absolute Gasteiger partial charge is 0.258 e. The Balaban J connectivity index is 2.63. The SMILES string of the molecule is Cc1nn(-c2cc([N+](=O)[O-])cc(Cl)n2)c(C)c1C. The minimum absolute atomic E-state index is 0.0735. The van der Waals surface area contributed by atoms with Crippen LogP contribution < -0.4 is 0 Å². The molecule has 0 saturated heterocycles. The summed E-state index contributed by atoms with van der Waals surface area (Å²) in [6.07, 6.45) is 0. The van der Waals surface area contributed by atoms with Crippen molar-refractivity contribution in [3.63, 3.8) is 0 Å². The first-order valence-electron chi connectivity index (χ1n) is 5.25. The molecule has 7 heteroatoms. The van der Waals surface area contributed by atoms with Crippen LogP contribution in [-0.4, -0.2) is 19.7 Å². The molecule has 2 aromatic heterocycles. The molecular formula is C11H11ClN4O2. The van der Waals surface area contributed by atoms with Crippen molar-refractivity contribution in [3.8, 4) is 5.82 Å². The normalized spacial score (nSPS) is 10.7. The van der Waals surface area contributed by atoms with E-state index in [0.29, 0.717) is 5.82 Å². The number of hydrogen-bond donors (Lipinski definition) is 0. The summed E-state index contributed by atoms with van der Waals surface area (Å²) in [6, 6.07) is 2.56. The van der Waals surface area contributed by atoms with E-state index in [2.05, 4.69) is 10.1 Å². The summed E-state index contributed by atoms with van der Waals surface area (Å²) in [6.45, 7) is 5.69. The standard InChI is InChI=1S/C11H11ClN4O2/c1-6-7(2)14-15(8(6)3)11-5-9(16(17)18)4-10(12)13-11/h4-5H,1-3H3. The third-order valence-electron chi connectivity index (χ3n) is 2.85. The van der Waals surface area contributed by atoms with Crippen molar-refractivity contribution in [1.29, 1.82) is 0 Å². The van der Waals surface area contributed by atoms with Gasteiger partial charge in [-0.15, -0.1) is 0 Å². The zero-order chi connectivity index (χ0) is 13.4. The Morgan fingerprint density at radius 2 is 2.00 bits per heavy atom. The average molecular weight is 267 g/mol. The van der Waals surface area contributed by atoms with Crippen molar-refractivity contribution in [1.82, 2.24) is 14.8 Å². The lowest BCUT2D eigenvalue weighted by atomic mass is 10.2. The van der Waals surface area contributed by atoms with Crippen LogP contribution in [0.25, 0.3) is 5.82 Å². The quantitative estimate of drug-likeness (QED) is 0.476. The van der Waals surface area contributed by atoms with E-state index < -0.39 is 4.92 Å². The molecular weight excluding hydrogens is 256 g/mol. The zero-order valence-electron chi connectivity index (χ0n) is 10.1. The van der Waals surface area contributed by atoms with Gasteiger partial charge in [0.15, 0.2) is 5.82 Å². The minimum Gasteiger partial charge on any atom is -0.258 e. The van der Waals surface area contributed by atoms with E-state index in [1.165, 1.54) is 12.1 Å². The van der Waals surface area contributed by atoms with E-state index in [-0.39, 0.29) is 10.8 Å². The van der Waals surface area contributed by atoms with Gasteiger partial charge in [-0.1, -0.05) is 11.6 Å². The second-order valence-corrected chi connectivity index (χ2v) is 4.36. The molecule has 0 amide bonds. The van der Waals surface area contributed by atoms with Gasteiger partial charge in [-0.2, -0.15) is 5.10 Å². The number of rotatable bonds is 2. The summed E-state index contributed by atoms with van der Waals surface area (Å²) >= 11 is 5.79. The van der Waals surface area contributed by atoms with Crippen LogP contribution in [-0.2, 0) is 0 Å². The average Bonchev–Trinajstić information content (AvgIpc) is 2.56. The molecule has 0 saturated carbocycles. The van der Waals surface area contributed by atoms with E-state index >= 15 is 0 Å². The number of nitro groups is 1. The predicted octanol–water partition coefficient (Wildman–Crippen LogP) is 2.75. The van der Waals surface area contributed by atoms with Crippen LogP contribution in [0, 0.1) is 30.9 Å². The number of nitrogens with zero attached hydrogens (tertiary/aromatic N) is 4. The summed E-state index contributed by atoms with van der Waals surface area (Å²) in [7, 11) is 0. The maximum Gasteiger partial charge on any atom is 0.276 e. The van der Waals surface area contributed by atoms with E-state index in [0.717, 1.165) is 17.0 Å². The molecule has 2 rings (SSSR count). The van der Waals surface area contributed by atoms with Gasteiger partial charge >= 0.3 is 0 Å². The van der Waals surface area contributed by atoms with Crippen LogP contribution in [0.3, 0.4) is 0 Å². The summed E-state index contributed by atoms with van der Waals surface area (Å²) < 4.78 is 1.56. The highest BCUT2D eigenvalue weighted by molar-refractivity contribution is 6.29. The fourth-order valence-corrected chi connectivity index (χ4v) is 1.83. The Kier molecular flexibility index (Phi) is 3.04. The summed E-state index contributed by atoms with van der Waals surface area (Å²) in [5.74, 6) is 0.350. The number of hydrogen-bond acceptors (Lipinski definition) is 4. The van der Waals surface area contributed by atoms with Gasteiger partial charge in [-0.05, 0) is 26.3 Å². The van der Waals surface area contributed by atoms with Crippen LogP contribution in [0.2, 0.25) is 5.15 Å². The Morgan fingerprint density at radius 1 is 1.33 bits per heavy atom. The van der Waals surface area contributed by atoms with Gasteiger partial charge in [0.05, 0.1) is 22.7 Å². The molecule has 0 aromatic carbocycles. The highest BCUT2D eigenvalue weighted by atomic mass is 35.5. The first kappa shape index (κ1) is 12.5. The Morgan fingerprint density at radius 3 is 2.50 bits per heavy atom. The number of aromatic nitrogens is 3. The topological polar surface area (TPSA) is 73.8 Å². The van der Waals surface area contributed by atoms with Gasteiger partial charge in [0.2, 0.25) is 0 Å². The summed E-state index contributed by atoms with van der Waals surface area (Å²) in [5.41, 5.74) is 2.67. The van der Waals surface area contributed by atoms with Crippen LogP contribution >= 0.6 is 11.6 Å². The van der Waals surface area contributed by atoms with Crippen LogP contribution in [0.5, 0.6) is 0 Å². The summed E-state index contributed by atoms with van der Waals surface area (Å²) in [5, 5.41) is 15.2. The largest absolute Gasteiger partial charge is 0.276 e. The van der Waals surface area contributed by atoms with Crippen LogP contribution in [0.15, 0.2) is 12.1 Å². The van der Waals surface area contributed by atoms with Gasteiger partial charge in [0, 0.05) is 5.69 Å². The van der Waals surface area contributed by atoms with E-state index in [1.807, 2.05) is 20.8 Å². The summed E-state index contributed by atoms with van der Waals surface area (Å²) in [4.78, 5) is 14.3. The Hall–Kier alpha value is -1.95. The number of halogens is 1. The molecule has 94 valence electrons. The lowest BCUT2D eigenvalue weighted by Crippen LogP contribution is -2.03. The third kappa shape index (κ3) is 2.06. The van der Waals surface area contributed by atoms with Crippen molar-refractivity contribution in [2.75, 3.05) is 0 Å². The first-order valence-corrected chi connectivity index (χ1v) is 5.63. The lowest BCUT2D eigenvalue weighted by molar-refractivity contribution is -0.384. The van der Waals surface area contributed by atoms with Crippen molar-refractivity contribution >= 4 is 17.3 Å². The van der Waals surface area contributed by atoms with Crippen molar-refractivity contribution in [2.45, 2.75) is 20.8 Å². The molecule has 2 aromatic rings. The highest BCUT2D eigenvalue weighted by Crippen LogP contribution is 2.22. The van der Waals surface area contributed by atoms with Crippen molar-refractivity contribution < 1.29 is 4.92 Å². The van der Waals surface area contributed by atoms with Gasteiger partial charge in [-0.3, -0.25) is 10.1 Å². The molecule has 0 unspecified atom stereocenters. The molecule has 0 spiro atoms. The van der Waals surface area contributed by atoms with E-state index in [9.17, 15) is 10.1 Å². The third-order valence-corrected chi connectivity index (χ3v) is 3.04. The fourth-order valence-electron chi connectivity index (χ4n) is 1.63. The molecule has 0 aliphatic carbocycles. The second kappa shape index (κ2) is 4.38. The van der Waals surface area contributed by atoms with Gasteiger partial charge in [0.25, 0.3) is 5.69 Å². The molecule has 0 atom stereocenters. The number of aryl methyl sites for hydroxylation is 1. The molecule has 0 N–H and O–H groups in total. The lowest BCUT2D eigenvalue weighted by Gasteiger charge is -2.04. The Bertz CT molecular complexity index is 636. The molecule has 0 aliphatic heterocycles.